The zero-order valence-corrected chi connectivity index (χ0v) is 16.5. The van der Waals surface area contributed by atoms with E-state index in [9.17, 15) is 24.5 Å². The lowest BCUT2D eigenvalue weighted by molar-refractivity contribution is -0.385. The molecule has 0 saturated carbocycles. The van der Waals surface area contributed by atoms with E-state index < -0.39 is 35.9 Å². The lowest BCUT2D eigenvalue weighted by atomic mass is 10.1. The van der Waals surface area contributed by atoms with E-state index in [0.29, 0.717) is 16.3 Å². The van der Waals surface area contributed by atoms with Gasteiger partial charge in [-0.05, 0) is 37.3 Å². The molecule has 2 N–H and O–H groups in total. The van der Waals surface area contributed by atoms with Gasteiger partial charge < -0.3 is 15.4 Å². The number of rotatable bonds is 7. The van der Waals surface area contributed by atoms with E-state index in [4.69, 9.17) is 27.9 Å². The van der Waals surface area contributed by atoms with E-state index in [-0.39, 0.29) is 16.3 Å². The van der Waals surface area contributed by atoms with Crippen molar-refractivity contribution >= 4 is 52.4 Å². The van der Waals surface area contributed by atoms with Crippen LogP contribution in [0.1, 0.15) is 15.9 Å². The monoisotopic (exact) mass is 439 g/mol. The van der Waals surface area contributed by atoms with Crippen molar-refractivity contribution in [3.8, 4) is 0 Å². The van der Waals surface area contributed by atoms with E-state index in [1.807, 2.05) is 0 Å². The first-order valence-electron chi connectivity index (χ1n) is 8.11. The number of nitrogens with zero attached hydrogens (tertiary/aromatic N) is 1. The number of nitro groups is 1. The summed E-state index contributed by atoms with van der Waals surface area (Å²) in [6, 6.07) is 8.29. The highest BCUT2D eigenvalue weighted by Gasteiger charge is 2.15. The van der Waals surface area contributed by atoms with Crippen LogP contribution in [0.3, 0.4) is 0 Å². The molecule has 0 spiro atoms. The van der Waals surface area contributed by atoms with Crippen LogP contribution in [-0.2, 0) is 14.3 Å². The molecule has 0 fully saturated rings. The molecular formula is C18H15Cl2N3O6. The summed E-state index contributed by atoms with van der Waals surface area (Å²) >= 11 is 11.7. The number of ether oxygens (including phenoxy) is 1. The fraction of sp³-hybridized carbons (Fsp3) is 0.167. The molecule has 0 atom stereocenters. The molecule has 0 aromatic heterocycles. The Morgan fingerprint density at radius 3 is 2.48 bits per heavy atom. The topological polar surface area (TPSA) is 128 Å². The molecule has 0 heterocycles. The zero-order chi connectivity index (χ0) is 21.6. The number of halogens is 2. The first-order valence-corrected chi connectivity index (χ1v) is 8.86. The number of hydrogen-bond donors (Lipinski definition) is 2. The summed E-state index contributed by atoms with van der Waals surface area (Å²) < 4.78 is 4.78. The summed E-state index contributed by atoms with van der Waals surface area (Å²) in [5.74, 6) is -2.08. The second-order valence-corrected chi connectivity index (χ2v) is 6.62. The van der Waals surface area contributed by atoms with Gasteiger partial charge in [0.1, 0.15) is 6.54 Å². The van der Waals surface area contributed by atoms with Crippen LogP contribution in [0.15, 0.2) is 36.4 Å². The highest BCUT2D eigenvalue weighted by molar-refractivity contribution is 6.36. The Morgan fingerprint density at radius 2 is 1.86 bits per heavy atom. The molecule has 2 amide bonds. The Morgan fingerprint density at radius 1 is 1.14 bits per heavy atom. The van der Waals surface area contributed by atoms with E-state index in [0.717, 1.165) is 0 Å². The number of hydrogen-bond acceptors (Lipinski definition) is 6. The van der Waals surface area contributed by atoms with Crippen molar-refractivity contribution in [2.45, 2.75) is 6.92 Å². The van der Waals surface area contributed by atoms with Crippen LogP contribution in [0.2, 0.25) is 10.0 Å². The van der Waals surface area contributed by atoms with Crippen LogP contribution in [0.4, 0.5) is 11.4 Å². The molecule has 2 rings (SSSR count). The molecule has 0 aliphatic rings. The number of carbonyl (C=O) groups is 3. The molecule has 0 radical (unpaired) electrons. The number of carbonyl (C=O) groups excluding carboxylic acids is 3. The number of amides is 2. The van der Waals surface area contributed by atoms with Crippen molar-refractivity contribution in [2.75, 3.05) is 18.5 Å². The van der Waals surface area contributed by atoms with E-state index in [2.05, 4.69) is 10.6 Å². The van der Waals surface area contributed by atoms with Gasteiger partial charge in [-0.2, -0.15) is 0 Å². The number of anilines is 1. The Kier molecular flexibility index (Phi) is 7.52. The SMILES string of the molecule is Cc1cc(C(=O)NCC(=O)OCC(=O)Nc2ccc(Cl)cc2Cl)ccc1[N+](=O)[O-]. The van der Waals surface area contributed by atoms with Crippen molar-refractivity contribution in [1.82, 2.24) is 5.32 Å². The van der Waals surface area contributed by atoms with Gasteiger partial charge in [-0.1, -0.05) is 23.2 Å². The Bertz CT molecular complexity index is 980. The highest BCUT2D eigenvalue weighted by Crippen LogP contribution is 2.25. The molecular weight excluding hydrogens is 425 g/mol. The molecule has 11 heteroatoms. The van der Waals surface area contributed by atoms with Crippen molar-refractivity contribution < 1.29 is 24.0 Å². The predicted octanol–water partition coefficient (Wildman–Crippen LogP) is 3.12. The molecule has 0 aliphatic carbocycles. The molecule has 0 unspecified atom stereocenters. The number of esters is 1. The van der Waals surface area contributed by atoms with Crippen molar-refractivity contribution in [1.29, 1.82) is 0 Å². The van der Waals surface area contributed by atoms with Crippen LogP contribution < -0.4 is 10.6 Å². The standard InChI is InChI=1S/C18H15Cl2N3O6/c1-10-6-11(2-5-15(10)23(27)28)18(26)21-8-17(25)29-9-16(24)22-14-4-3-12(19)7-13(14)20/h2-7H,8-9H2,1H3,(H,21,26)(H,22,24). The minimum absolute atomic E-state index is 0.118. The van der Waals surface area contributed by atoms with Crippen LogP contribution in [-0.4, -0.2) is 35.9 Å². The lowest BCUT2D eigenvalue weighted by Crippen LogP contribution is -2.32. The van der Waals surface area contributed by atoms with E-state index in [1.165, 1.54) is 43.3 Å². The van der Waals surface area contributed by atoms with Gasteiger partial charge in [0.25, 0.3) is 17.5 Å². The van der Waals surface area contributed by atoms with Crippen LogP contribution in [0.25, 0.3) is 0 Å². The van der Waals surface area contributed by atoms with Crippen LogP contribution >= 0.6 is 23.2 Å². The molecule has 9 nitrogen and oxygen atoms in total. The quantitative estimate of drug-likeness (QED) is 0.387. The van der Waals surface area contributed by atoms with Gasteiger partial charge in [-0.3, -0.25) is 24.5 Å². The predicted molar refractivity (Wildman–Crippen MR) is 106 cm³/mol. The first-order chi connectivity index (χ1) is 13.7. The molecule has 152 valence electrons. The maximum atomic E-state index is 12.0. The normalized spacial score (nSPS) is 10.2. The first kappa shape index (κ1) is 22.1. The number of aryl methyl sites for hydroxylation is 1. The van der Waals surface area contributed by atoms with E-state index >= 15 is 0 Å². The van der Waals surface area contributed by atoms with Crippen LogP contribution in [0, 0.1) is 17.0 Å². The molecule has 2 aromatic carbocycles. The maximum absolute atomic E-state index is 12.0. The van der Waals surface area contributed by atoms with Crippen molar-refractivity contribution in [2.24, 2.45) is 0 Å². The molecule has 2 aromatic rings. The van der Waals surface area contributed by atoms with Crippen molar-refractivity contribution in [3.05, 3.63) is 67.7 Å². The van der Waals surface area contributed by atoms with Gasteiger partial charge in [0.2, 0.25) is 0 Å². The Labute approximate surface area is 175 Å². The summed E-state index contributed by atoms with van der Waals surface area (Å²) in [5.41, 5.74) is 0.644. The van der Waals surface area contributed by atoms with Gasteiger partial charge in [0, 0.05) is 22.2 Å². The highest BCUT2D eigenvalue weighted by atomic mass is 35.5. The maximum Gasteiger partial charge on any atom is 0.325 e. The Hall–Kier alpha value is -3.17. The van der Waals surface area contributed by atoms with Gasteiger partial charge in [0.05, 0.1) is 15.6 Å². The molecule has 0 bridgehead atoms. The number of nitro benzene ring substituents is 1. The number of nitrogens with one attached hydrogen (secondary N) is 2. The van der Waals surface area contributed by atoms with Gasteiger partial charge >= 0.3 is 5.97 Å². The van der Waals surface area contributed by atoms with Crippen LogP contribution in [0.5, 0.6) is 0 Å². The third kappa shape index (κ3) is 6.44. The fourth-order valence-corrected chi connectivity index (χ4v) is 2.69. The average Bonchev–Trinajstić information content (AvgIpc) is 2.66. The lowest BCUT2D eigenvalue weighted by Gasteiger charge is -2.09. The Balaban J connectivity index is 1.80. The smallest absolute Gasteiger partial charge is 0.325 e. The molecule has 0 aliphatic heterocycles. The molecule has 0 saturated heterocycles. The summed E-state index contributed by atoms with van der Waals surface area (Å²) in [6.07, 6.45) is 0. The second kappa shape index (κ2) is 9.85. The second-order valence-electron chi connectivity index (χ2n) is 5.77. The van der Waals surface area contributed by atoms with Gasteiger partial charge in [-0.25, -0.2) is 0 Å². The van der Waals surface area contributed by atoms with E-state index in [1.54, 1.807) is 0 Å². The summed E-state index contributed by atoms with van der Waals surface area (Å²) in [6.45, 7) is 0.433. The third-order valence-corrected chi connectivity index (χ3v) is 4.17. The largest absolute Gasteiger partial charge is 0.454 e. The minimum atomic E-state index is -0.839. The third-order valence-electron chi connectivity index (χ3n) is 3.62. The average molecular weight is 440 g/mol. The minimum Gasteiger partial charge on any atom is -0.454 e. The zero-order valence-electron chi connectivity index (χ0n) is 15.0. The van der Waals surface area contributed by atoms with Crippen molar-refractivity contribution in [3.63, 3.8) is 0 Å². The van der Waals surface area contributed by atoms with Gasteiger partial charge in [-0.15, -0.1) is 0 Å². The fourth-order valence-electron chi connectivity index (χ4n) is 2.23. The summed E-state index contributed by atoms with van der Waals surface area (Å²) in [5, 5.41) is 16.2. The summed E-state index contributed by atoms with van der Waals surface area (Å²) in [4.78, 5) is 45.8. The molecule has 29 heavy (non-hydrogen) atoms. The van der Waals surface area contributed by atoms with Gasteiger partial charge in [0.15, 0.2) is 6.61 Å². The summed E-state index contributed by atoms with van der Waals surface area (Å²) in [7, 11) is 0. The number of benzene rings is 2.